The van der Waals surface area contributed by atoms with E-state index < -0.39 is 0 Å². The van der Waals surface area contributed by atoms with Crippen LogP contribution >= 0.6 is 11.3 Å². The minimum atomic E-state index is -0.120. The molecule has 0 aliphatic carbocycles. The van der Waals surface area contributed by atoms with Gasteiger partial charge in [0.2, 0.25) is 0 Å². The predicted octanol–water partition coefficient (Wildman–Crippen LogP) is 3.65. The standard InChI is InChI=1S/C19H14N4O3S/c1-25-11-4-5-13-14(7-11)22-16(21-13)8-23-10-20-18-17(19(23)24)12(9-27-18)15-3-2-6-26-15/h2-7,9-10H,8H2,1H3,(H,21,22). The number of aromatic nitrogens is 4. The zero-order valence-corrected chi connectivity index (χ0v) is 15.1. The Morgan fingerprint density at radius 2 is 2.26 bits per heavy atom. The molecule has 0 saturated carbocycles. The van der Waals surface area contributed by atoms with Gasteiger partial charge in [-0.3, -0.25) is 9.36 Å². The highest BCUT2D eigenvalue weighted by molar-refractivity contribution is 7.17. The van der Waals surface area contributed by atoms with E-state index in [1.807, 2.05) is 29.6 Å². The van der Waals surface area contributed by atoms with Gasteiger partial charge in [-0.2, -0.15) is 0 Å². The molecule has 0 fully saturated rings. The average Bonchev–Trinajstić information content (AvgIpc) is 3.41. The number of hydrogen-bond donors (Lipinski definition) is 1. The summed E-state index contributed by atoms with van der Waals surface area (Å²) in [7, 11) is 1.62. The summed E-state index contributed by atoms with van der Waals surface area (Å²) in [6.07, 6.45) is 3.15. The molecule has 0 amide bonds. The molecular formula is C19H14N4O3S. The van der Waals surface area contributed by atoms with Crippen LogP contribution in [0.1, 0.15) is 5.82 Å². The van der Waals surface area contributed by atoms with E-state index in [1.165, 1.54) is 11.3 Å². The number of furan rings is 1. The molecule has 0 aliphatic heterocycles. The molecule has 0 unspecified atom stereocenters. The molecule has 5 aromatic rings. The van der Waals surface area contributed by atoms with Crippen LogP contribution < -0.4 is 10.3 Å². The highest BCUT2D eigenvalue weighted by atomic mass is 32.1. The van der Waals surface area contributed by atoms with Gasteiger partial charge in [0.25, 0.3) is 5.56 Å². The van der Waals surface area contributed by atoms with Gasteiger partial charge in [0.15, 0.2) is 0 Å². The molecule has 0 aliphatic rings. The van der Waals surface area contributed by atoms with Gasteiger partial charge in [-0.1, -0.05) is 0 Å². The summed E-state index contributed by atoms with van der Waals surface area (Å²) in [5.41, 5.74) is 2.32. The number of H-pyrrole nitrogens is 1. The van der Waals surface area contributed by atoms with Crippen LogP contribution in [0.4, 0.5) is 0 Å². The summed E-state index contributed by atoms with van der Waals surface area (Å²) in [4.78, 5) is 26.0. The van der Waals surface area contributed by atoms with Crippen molar-refractivity contribution in [3.05, 3.63) is 64.5 Å². The quantitative estimate of drug-likeness (QED) is 0.516. The van der Waals surface area contributed by atoms with Crippen molar-refractivity contribution in [2.75, 3.05) is 7.11 Å². The molecular weight excluding hydrogens is 364 g/mol. The van der Waals surface area contributed by atoms with Gasteiger partial charge in [-0.25, -0.2) is 9.97 Å². The van der Waals surface area contributed by atoms with Crippen LogP contribution in [0.25, 0.3) is 32.6 Å². The number of methoxy groups -OCH3 is 1. The van der Waals surface area contributed by atoms with Crippen molar-refractivity contribution in [3.8, 4) is 17.1 Å². The number of rotatable bonds is 4. The Morgan fingerprint density at radius 1 is 1.33 bits per heavy atom. The van der Waals surface area contributed by atoms with E-state index in [2.05, 4.69) is 15.0 Å². The van der Waals surface area contributed by atoms with E-state index in [0.717, 1.165) is 22.3 Å². The van der Waals surface area contributed by atoms with Crippen molar-refractivity contribution in [3.63, 3.8) is 0 Å². The first-order valence-electron chi connectivity index (χ1n) is 8.26. The first kappa shape index (κ1) is 15.8. The number of ether oxygens (including phenoxy) is 1. The fourth-order valence-electron chi connectivity index (χ4n) is 3.10. The first-order valence-corrected chi connectivity index (χ1v) is 9.14. The summed E-state index contributed by atoms with van der Waals surface area (Å²) in [5.74, 6) is 2.09. The summed E-state index contributed by atoms with van der Waals surface area (Å²) in [6, 6.07) is 9.26. The summed E-state index contributed by atoms with van der Waals surface area (Å²) >= 11 is 1.43. The molecule has 0 saturated heterocycles. The zero-order chi connectivity index (χ0) is 18.4. The van der Waals surface area contributed by atoms with E-state index in [4.69, 9.17) is 9.15 Å². The van der Waals surface area contributed by atoms with Crippen LogP contribution in [0.3, 0.4) is 0 Å². The van der Waals surface area contributed by atoms with Crippen molar-refractivity contribution in [2.45, 2.75) is 6.54 Å². The van der Waals surface area contributed by atoms with Gasteiger partial charge in [0, 0.05) is 17.0 Å². The molecule has 0 bridgehead atoms. The van der Waals surface area contributed by atoms with Crippen molar-refractivity contribution in [2.24, 2.45) is 0 Å². The normalized spacial score (nSPS) is 11.4. The minimum Gasteiger partial charge on any atom is -0.497 e. The lowest BCUT2D eigenvalue weighted by molar-refractivity contribution is 0.415. The van der Waals surface area contributed by atoms with Crippen molar-refractivity contribution >= 4 is 32.6 Å². The monoisotopic (exact) mass is 378 g/mol. The smallest absolute Gasteiger partial charge is 0.263 e. The van der Waals surface area contributed by atoms with E-state index >= 15 is 0 Å². The Hall–Kier alpha value is -3.39. The van der Waals surface area contributed by atoms with Gasteiger partial charge in [0.05, 0.1) is 42.7 Å². The lowest BCUT2D eigenvalue weighted by Crippen LogP contribution is -2.21. The number of nitrogens with one attached hydrogen (secondary N) is 1. The second-order valence-corrected chi connectivity index (χ2v) is 6.91. The fraction of sp³-hybridized carbons (Fsp3) is 0.105. The number of hydrogen-bond acceptors (Lipinski definition) is 6. The third-order valence-electron chi connectivity index (χ3n) is 4.41. The van der Waals surface area contributed by atoms with Crippen LogP contribution in [-0.4, -0.2) is 26.6 Å². The van der Waals surface area contributed by atoms with Gasteiger partial charge in [-0.15, -0.1) is 11.3 Å². The lowest BCUT2D eigenvalue weighted by atomic mass is 10.2. The third-order valence-corrected chi connectivity index (χ3v) is 5.29. The number of aromatic amines is 1. The number of thiophene rings is 1. The zero-order valence-electron chi connectivity index (χ0n) is 14.3. The summed E-state index contributed by atoms with van der Waals surface area (Å²) in [5, 5.41) is 2.46. The molecule has 0 atom stereocenters. The van der Waals surface area contributed by atoms with Gasteiger partial charge in [0.1, 0.15) is 22.2 Å². The number of nitrogens with zero attached hydrogens (tertiary/aromatic N) is 3. The van der Waals surface area contributed by atoms with Crippen LogP contribution in [-0.2, 0) is 6.54 Å². The summed E-state index contributed by atoms with van der Waals surface area (Å²) < 4.78 is 12.2. The molecule has 134 valence electrons. The van der Waals surface area contributed by atoms with Crippen molar-refractivity contribution < 1.29 is 9.15 Å². The topological polar surface area (TPSA) is 85.9 Å². The molecule has 1 aromatic carbocycles. The third kappa shape index (κ3) is 2.61. The predicted molar refractivity (Wildman–Crippen MR) is 103 cm³/mol. The average molecular weight is 378 g/mol. The molecule has 1 N–H and O–H groups in total. The van der Waals surface area contributed by atoms with Crippen LogP contribution in [0, 0.1) is 0 Å². The fourth-order valence-corrected chi connectivity index (χ4v) is 3.98. The molecule has 0 radical (unpaired) electrons. The maximum atomic E-state index is 13.1. The van der Waals surface area contributed by atoms with Crippen molar-refractivity contribution in [1.82, 2.24) is 19.5 Å². The maximum absolute atomic E-state index is 13.1. The number of benzene rings is 1. The first-order chi connectivity index (χ1) is 13.2. The Labute approximate surface area is 156 Å². The molecule has 8 heteroatoms. The van der Waals surface area contributed by atoms with E-state index in [9.17, 15) is 4.79 Å². The van der Waals surface area contributed by atoms with Crippen LogP contribution in [0.15, 0.2) is 57.5 Å². The minimum absolute atomic E-state index is 0.120. The Balaban J connectivity index is 1.58. The second kappa shape index (κ2) is 6.10. The molecule has 27 heavy (non-hydrogen) atoms. The van der Waals surface area contributed by atoms with Crippen LogP contribution in [0.5, 0.6) is 5.75 Å². The van der Waals surface area contributed by atoms with E-state index in [0.29, 0.717) is 28.3 Å². The summed E-state index contributed by atoms with van der Waals surface area (Å²) in [6.45, 7) is 0.298. The molecule has 5 rings (SSSR count). The molecule has 4 aromatic heterocycles. The Bertz CT molecular complexity index is 1310. The SMILES string of the molecule is COc1ccc2nc(Cn3cnc4scc(-c5ccco5)c4c3=O)[nH]c2c1. The van der Waals surface area contributed by atoms with Gasteiger partial charge in [-0.05, 0) is 24.3 Å². The van der Waals surface area contributed by atoms with Crippen LogP contribution in [0.2, 0.25) is 0 Å². The molecule has 4 heterocycles. The van der Waals surface area contributed by atoms with Crippen molar-refractivity contribution in [1.29, 1.82) is 0 Å². The van der Waals surface area contributed by atoms with E-state index in [1.54, 1.807) is 30.3 Å². The highest BCUT2D eigenvalue weighted by Crippen LogP contribution is 2.30. The highest BCUT2D eigenvalue weighted by Gasteiger charge is 2.15. The second-order valence-electron chi connectivity index (χ2n) is 6.05. The van der Waals surface area contributed by atoms with Gasteiger partial charge >= 0.3 is 0 Å². The largest absolute Gasteiger partial charge is 0.497 e. The lowest BCUT2D eigenvalue weighted by Gasteiger charge is -2.03. The maximum Gasteiger partial charge on any atom is 0.263 e. The Kier molecular flexibility index (Phi) is 3.58. The van der Waals surface area contributed by atoms with E-state index in [-0.39, 0.29) is 5.56 Å². The molecule has 0 spiro atoms. The molecule has 7 nitrogen and oxygen atoms in total. The number of fused-ring (bicyclic) bond motifs is 2. The number of imidazole rings is 1. The Morgan fingerprint density at radius 3 is 3.07 bits per heavy atom. The van der Waals surface area contributed by atoms with Gasteiger partial charge < -0.3 is 14.1 Å².